The first kappa shape index (κ1) is 12.8. The summed E-state index contributed by atoms with van der Waals surface area (Å²) in [5.74, 6) is 0.428. The molecule has 2 saturated heterocycles. The molecule has 0 aliphatic carbocycles. The Bertz CT molecular complexity index is 384. The minimum absolute atomic E-state index is 0.000602. The predicted octanol–water partition coefficient (Wildman–Crippen LogP) is -0.206. The quantitative estimate of drug-likeness (QED) is 0.746. The Morgan fingerprint density at radius 3 is 2.41 bits per heavy atom. The molecule has 2 rings (SSSR count). The van der Waals surface area contributed by atoms with E-state index in [0.717, 1.165) is 0 Å². The number of likely N-dealkylation sites (tertiary alicyclic amines) is 1. The molecule has 1 atom stereocenters. The number of aliphatic hydroxyl groups excluding tert-OH is 1. The molecular formula is C11H19NO4S. The number of nitrogens with zero attached hydrogens (tertiary/aromatic N) is 1. The molecule has 5 nitrogen and oxygen atoms in total. The van der Waals surface area contributed by atoms with Gasteiger partial charge in [-0.25, -0.2) is 8.42 Å². The summed E-state index contributed by atoms with van der Waals surface area (Å²) in [5, 5.41) is 9.34. The Labute approximate surface area is 102 Å². The molecule has 0 spiro atoms. The van der Waals surface area contributed by atoms with Gasteiger partial charge in [0, 0.05) is 19.5 Å². The largest absolute Gasteiger partial charge is 0.393 e. The van der Waals surface area contributed by atoms with Gasteiger partial charge in [-0.15, -0.1) is 0 Å². The SMILES string of the molecule is O=C(CC1CCS(=O)(=O)C1)N1CCC(O)CC1. The van der Waals surface area contributed by atoms with Crippen molar-refractivity contribution in [3.63, 3.8) is 0 Å². The number of carbonyl (C=O) groups excluding carboxylic acids is 1. The molecule has 98 valence electrons. The summed E-state index contributed by atoms with van der Waals surface area (Å²) in [6.45, 7) is 1.19. The van der Waals surface area contributed by atoms with Gasteiger partial charge < -0.3 is 10.0 Å². The second-order valence-corrected chi connectivity index (χ2v) is 7.31. The first-order chi connectivity index (χ1) is 7.96. The molecule has 0 aromatic rings. The zero-order valence-corrected chi connectivity index (χ0v) is 10.7. The zero-order chi connectivity index (χ0) is 12.5. The van der Waals surface area contributed by atoms with Gasteiger partial charge in [-0.2, -0.15) is 0 Å². The van der Waals surface area contributed by atoms with Crippen molar-refractivity contribution in [3.05, 3.63) is 0 Å². The van der Waals surface area contributed by atoms with Crippen LogP contribution in [-0.4, -0.2) is 55.0 Å². The van der Waals surface area contributed by atoms with Crippen LogP contribution in [0.4, 0.5) is 0 Å². The summed E-state index contributed by atoms with van der Waals surface area (Å²) in [6.07, 6.45) is 1.94. The van der Waals surface area contributed by atoms with E-state index in [1.807, 2.05) is 0 Å². The van der Waals surface area contributed by atoms with Gasteiger partial charge in [0.25, 0.3) is 0 Å². The predicted molar refractivity (Wildman–Crippen MR) is 63.2 cm³/mol. The number of hydrogen-bond donors (Lipinski definition) is 1. The van der Waals surface area contributed by atoms with Gasteiger partial charge >= 0.3 is 0 Å². The van der Waals surface area contributed by atoms with Crippen LogP contribution in [0.15, 0.2) is 0 Å². The number of sulfone groups is 1. The summed E-state index contributed by atoms with van der Waals surface area (Å²) < 4.78 is 22.6. The summed E-state index contributed by atoms with van der Waals surface area (Å²) in [5.41, 5.74) is 0. The van der Waals surface area contributed by atoms with Gasteiger partial charge in [-0.1, -0.05) is 0 Å². The molecule has 0 bridgehead atoms. The molecule has 17 heavy (non-hydrogen) atoms. The van der Waals surface area contributed by atoms with Crippen LogP contribution in [0.5, 0.6) is 0 Å². The van der Waals surface area contributed by atoms with Crippen LogP contribution in [0.25, 0.3) is 0 Å². The fourth-order valence-electron chi connectivity index (χ4n) is 2.52. The Balaban J connectivity index is 1.82. The first-order valence-electron chi connectivity index (χ1n) is 6.12. The molecule has 1 unspecified atom stereocenters. The highest BCUT2D eigenvalue weighted by Gasteiger charge is 2.31. The van der Waals surface area contributed by atoms with Crippen LogP contribution in [0.3, 0.4) is 0 Å². The van der Waals surface area contributed by atoms with Crippen molar-refractivity contribution in [1.29, 1.82) is 0 Å². The molecule has 6 heteroatoms. The highest BCUT2D eigenvalue weighted by molar-refractivity contribution is 7.91. The van der Waals surface area contributed by atoms with Crippen LogP contribution in [0.1, 0.15) is 25.7 Å². The van der Waals surface area contributed by atoms with Gasteiger partial charge in [-0.05, 0) is 25.2 Å². The highest BCUT2D eigenvalue weighted by Crippen LogP contribution is 2.23. The lowest BCUT2D eigenvalue weighted by Crippen LogP contribution is -2.40. The van der Waals surface area contributed by atoms with E-state index in [9.17, 15) is 18.3 Å². The number of piperidine rings is 1. The van der Waals surface area contributed by atoms with Crippen molar-refractivity contribution in [3.8, 4) is 0 Å². The fourth-order valence-corrected chi connectivity index (χ4v) is 4.39. The Morgan fingerprint density at radius 2 is 1.88 bits per heavy atom. The van der Waals surface area contributed by atoms with Gasteiger partial charge in [0.15, 0.2) is 9.84 Å². The van der Waals surface area contributed by atoms with Gasteiger partial charge in [0.2, 0.25) is 5.91 Å². The van der Waals surface area contributed by atoms with E-state index in [2.05, 4.69) is 0 Å². The van der Waals surface area contributed by atoms with Gasteiger partial charge in [-0.3, -0.25) is 4.79 Å². The molecule has 0 aromatic carbocycles. The van der Waals surface area contributed by atoms with E-state index < -0.39 is 9.84 Å². The van der Waals surface area contributed by atoms with E-state index in [0.29, 0.717) is 38.8 Å². The molecule has 2 aliphatic heterocycles. The molecule has 1 N–H and O–H groups in total. The Kier molecular flexibility index (Phi) is 3.73. The number of hydrogen-bond acceptors (Lipinski definition) is 4. The minimum Gasteiger partial charge on any atom is -0.393 e. The first-order valence-corrected chi connectivity index (χ1v) is 7.95. The maximum Gasteiger partial charge on any atom is 0.222 e. The lowest BCUT2D eigenvalue weighted by atomic mass is 10.0. The number of carbonyl (C=O) groups is 1. The topological polar surface area (TPSA) is 74.7 Å². The highest BCUT2D eigenvalue weighted by atomic mass is 32.2. The van der Waals surface area contributed by atoms with Crippen LogP contribution >= 0.6 is 0 Å². The molecule has 2 fully saturated rings. The fraction of sp³-hybridized carbons (Fsp3) is 0.909. The van der Waals surface area contributed by atoms with Crippen molar-refractivity contribution in [2.75, 3.05) is 24.6 Å². The van der Waals surface area contributed by atoms with E-state index in [1.165, 1.54) is 0 Å². The van der Waals surface area contributed by atoms with E-state index in [1.54, 1.807) is 4.90 Å². The molecule has 1 amide bonds. The second kappa shape index (κ2) is 4.94. The normalized spacial score (nSPS) is 29.5. The maximum atomic E-state index is 11.9. The number of aliphatic hydroxyl groups is 1. The minimum atomic E-state index is -2.89. The van der Waals surface area contributed by atoms with Crippen LogP contribution in [0.2, 0.25) is 0 Å². The summed E-state index contributed by atoms with van der Waals surface area (Å²) in [4.78, 5) is 13.7. The number of amides is 1. The van der Waals surface area contributed by atoms with Crippen LogP contribution < -0.4 is 0 Å². The molecule has 0 aromatic heterocycles. The zero-order valence-electron chi connectivity index (χ0n) is 9.84. The Hall–Kier alpha value is -0.620. The molecule has 2 heterocycles. The van der Waals surface area contributed by atoms with Crippen molar-refractivity contribution in [1.82, 2.24) is 4.90 Å². The smallest absolute Gasteiger partial charge is 0.222 e. The van der Waals surface area contributed by atoms with Crippen LogP contribution in [0, 0.1) is 5.92 Å². The molecule has 0 saturated carbocycles. The van der Waals surface area contributed by atoms with Gasteiger partial charge in [0.05, 0.1) is 17.6 Å². The average molecular weight is 261 g/mol. The van der Waals surface area contributed by atoms with Crippen LogP contribution in [-0.2, 0) is 14.6 Å². The standard InChI is InChI=1S/C11H19NO4S/c13-10-1-4-12(5-2-10)11(14)7-9-3-6-17(15,16)8-9/h9-10,13H,1-8H2. The summed E-state index contributed by atoms with van der Waals surface area (Å²) in [6, 6.07) is 0. The van der Waals surface area contributed by atoms with Crippen molar-refractivity contribution < 1.29 is 18.3 Å². The average Bonchev–Trinajstić information content (AvgIpc) is 2.59. The lowest BCUT2D eigenvalue weighted by molar-refractivity contribution is -0.134. The van der Waals surface area contributed by atoms with Crippen molar-refractivity contribution >= 4 is 15.7 Å². The maximum absolute atomic E-state index is 11.9. The monoisotopic (exact) mass is 261 g/mol. The van der Waals surface area contributed by atoms with E-state index >= 15 is 0 Å². The van der Waals surface area contributed by atoms with Crippen molar-refractivity contribution in [2.24, 2.45) is 5.92 Å². The van der Waals surface area contributed by atoms with E-state index in [-0.39, 0.29) is 29.4 Å². The molecule has 2 aliphatic rings. The molecule has 0 radical (unpaired) electrons. The summed E-state index contributed by atoms with van der Waals surface area (Å²) in [7, 11) is -2.89. The third-order valence-corrected chi connectivity index (χ3v) is 5.44. The van der Waals surface area contributed by atoms with Crippen molar-refractivity contribution in [2.45, 2.75) is 31.8 Å². The Morgan fingerprint density at radius 1 is 1.24 bits per heavy atom. The third kappa shape index (κ3) is 3.42. The summed E-state index contributed by atoms with van der Waals surface area (Å²) >= 11 is 0. The lowest BCUT2D eigenvalue weighted by Gasteiger charge is -2.30. The second-order valence-electron chi connectivity index (χ2n) is 5.09. The van der Waals surface area contributed by atoms with Gasteiger partial charge in [0.1, 0.15) is 0 Å². The molecular weight excluding hydrogens is 242 g/mol. The van der Waals surface area contributed by atoms with E-state index in [4.69, 9.17) is 0 Å². The third-order valence-electron chi connectivity index (χ3n) is 3.61. The number of rotatable bonds is 2.